The van der Waals surface area contributed by atoms with Crippen LogP contribution in [0.15, 0.2) is 42.5 Å². The molecule has 0 aliphatic heterocycles. The predicted molar refractivity (Wildman–Crippen MR) is 101 cm³/mol. The smallest absolute Gasteiger partial charge is 0.252 e. The maximum Gasteiger partial charge on any atom is 0.252 e. The topological polar surface area (TPSA) is 76.7 Å². The zero-order chi connectivity index (χ0) is 18.9. The zero-order valence-corrected chi connectivity index (χ0v) is 15.4. The molecule has 0 atom stereocenters. The molecule has 0 aliphatic carbocycles. The van der Waals surface area contributed by atoms with Crippen molar-refractivity contribution in [1.29, 1.82) is 0 Å². The van der Waals surface area contributed by atoms with Gasteiger partial charge >= 0.3 is 0 Å². The molecule has 0 aliphatic rings. The number of rotatable bonds is 8. The Morgan fingerprint density at radius 3 is 2.42 bits per heavy atom. The van der Waals surface area contributed by atoms with Crippen LogP contribution in [0.4, 0.5) is 5.69 Å². The van der Waals surface area contributed by atoms with E-state index < -0.39 is 0 Å². The first-order chi connectivity index (χ1) is 12.5. The molecule has 6 nitrogen and oxygen atoms in total. The number of carbonyl (C=O) groups excluding carboxylic acids is 2. The maximum atomic E-state index is 12.0. The van der Waals surface area contributed by atoms with Crippen molar-refractivity contribution in [3.8, 4) is 11.5 Å². The van der Waals surface area contributed by atoms with E-state index in [9.17, 15) is 9.59 Å². The second-order valence-electron chi connectivity index (χ2n) is 5.45. The summed E-state index contributed by atoms with van der Waals surface area (Å²) in [5.74, 6) is 1.02. The highest BCUT2D eigenvalue weighted by atomic mass is 35.5. The van der Waals surface area contributed by atoms with E-state index in [1.165, 1.54) is 7.05 Å². The molecule has 2 N–H and O–H groups in total. The van der Waals surface area contributed by atoms with Crippen LogP contribution in [0.3, 0.4) is 0 Å². The molecule has 0 spiro atoms. The molecular formula is C19H21ClN2O4. The van der Waals surface area contributed by atoms with E-state index in [2.05, 4.69) is 10.6 Å². The maximum absolute atomic E-state index is 12.0. The highest BCUT2D eigenvalue weighted by Crippen LogP contribution is 2.21. The Bertz CT molecular complexity index is 763. The van der Waals surface area contributed by atoms with Crippen LogP contribution in [0.5, 0.6) is 11.5 Å². The van der Waals surface area contributed by atoms with E-state index >= 15 is 0 Å². The Labute approximate surface area is 157 Å². The van der Waals surface area contributed by atoms with Gasteiger partial charge in [-0.2, -0.15) is 0 Å². The normalized spacial score (nSPS) is 10.1. The molecule has 0 radical (unpaired) electrons. The van der Waals surface area contributed by atoms with Gasteiger partial charge in [0.2, 0.25) is 5.91 Å². The lowest BCUT2D eigenvalue weighted by atomic mass is 10.2. The minimum atomic E-state index is -0.306. The molecule has 0 aromatic heterocycles. The molecule has 0 unspecified atom stereocenters. The van der Waals surface area contributed by atoms with Crippen molar-refractivity contribution in [2.45, 2.75) is 12.8 Å². The average molecular weight is 377 g/mol. The van der Waals surface area contributed by atoms with Crippen LogP contribution in [0.1, 0.15) is 23.2 Å². The Morgan fingerprint density at radius 2 is 1.77 bits per heavy atom. The Balaban J connectivity index is 1.78. The van der Waals surface area contributed by atoms with Gasteiger partial charge in [-0.1, -0.05) is 11.6 Å². The van der Waals surface area contributed by atoms with Crippen LogP contribution >= 0.6 is 11.6 Å². The first-order valence-corrected chi connectivity index (χ1v) is 8.49. The summed E-state index contributed by atoms with van der Waals surface area (Å²) in [6.07, 6.45) is 0.863. The number of nitrogens with one attached hydrogen (secondary N) is 2. The second-order valence-corrected chi connectivity index (χ2v) is 5.86. The molecular weight excluding hydrogens is 356 g/mol. The number of benzene rings is 2. The van der Waals surface area contributed by atoms with Crippen LogP contribution in [0.25, 0.3) is 0 Å². The SMILES string of the molecule is CNC(=O)c1cc(NC(=O)CCCOc2ccc(OC)cc2)ccc1Cl. The second kappa shape index (κ2) is 9.68. The summed E-state index contributed by atoms with van der Waals surface area (Å²) >= 11 is 5.99. The van der Waals surface area contributed by atoms with E-state index in [-0.39, 0.29) is 11.8 Å². The number of halogens is 1. The number of carbonyl (C=O) groups is 2. The number of methoxy groups -OCH3 is 1. The summed E-state index contributed by atoms with van der Waals surface area (Å²) in [6.45, 7) is 0.420. The van der Waals surface area contributed by atoms with Crippen molar-refractivity contribution in [3.05, 3.63) is 53.1 Å². The van der Waals surface area contributed by atoms with Crippen LogP contribution in [0.2, 0.25) is 5.02 Å². The first kappa shape index (κ1) is 19.6. The molecule has 2 amide bonds. The van der Waals surface area contributed by atoms with Gasteiger partial charge in [-0.25, -0.2) is 0 Å². The third-order valence-electron chi connectivity index (χ3n) is 3.60. The molecule has 0 fully saturated rings. The van der Waals surface area contributed by atoms with Crippen molar-refractivity contribution >= 4 is 29.1 Å². The fraction of sp³-hybridized carbons (Fsp3) is 0.263. The predicted octanol–water partition coefficient (Wildman–Crippen LogP) is 3.51. The Kier molecular flexibility index (Phi) is 7.29. The fourth-order valence-electron chi connectivity index (χ4n) is 2.23. The zero-order valence-electron chi connectivity index (χ0n) is 14.7. The lowest BCUT2D eigenvalue weighted by Gasteiger charge is -2.09. The van der Waals surface area contributed by atoms with E-state index in [4.69, 9.17) is 21.1 Å². The van der Waals surface area contributed by atoms with Crippen LogP contribution in [0, 0.1) is 0 Å². The summed E-state index contributed by atoms with van der Waals surface area (Å²) < 4.78 is 10.7. The molecule has 2 rings (SSSR count). The monoisotopic (exact) mass is 376 g/mol. The van der Waals surface area contributed by atoms with Gasteiger partial charge in [0, 0.05) is 19.2 Å². The summed E-state index contributed by atoms with van der Waals surface area (Å²) in [4.78, 5) is 23.8. The highest BCUT2D eigenvalue weighted by Gasteiger charge is 2.11. The lowest BCUT2D eigenvalue weighted by Crippen LogP contribution is -2.19. The minimum Gasteiger partial charge on any atom is -0.497 e. The van der Waals surface area contributed by atoms with Crippen molar-refractivity contribution in [3.63, 3.8) is 0 Å². The number of anilines is 1. The molecule has 7 heteroatoms. The third-order valence-corrected chi connectivity index (χ3v) is 3.93. The van der Waals surface area contributed by atoms with Gasteiger partial charge in [-0.05, 0) is 48.9 Å². The van der Waals surface area contributed by atoms with Gasteiger partial charge in [0.05, 0.1) is 24.3 Å². The van der Waals surface area contributed by atoms with Gasteiger partial charge in [-0.3, -0.25) is 9.59 Å². The summed E-state index contributed by atoms with van der Waals surface area (Å²) in [6, 6.07) is 12.0. The van der Waals surface area contributed by atoms with Crippen molar-refractivity contribution in [1.82, 2.24) is 5.32 Å². The van der Waals surface area contributed by atoms with Gasteiger partial charge < -0.3 is 20.1 Å². The first-order valence-electron chi connectivity index (χ1n) is 8.12. The van der Waals surface area contributed by atoms with Crippen molar-refractivity contribution in [2.24, 2.45) is 0 Å². The summed E-state index contributed by atoms with van der Waals surface area (Å²) in [5, 5.41) is 5.59. The van der Waals surface area contributed by atoms with Crippen LogP contribution in [-0.4, -0.2) is 32.6 Å². The Hall–Kier alpha value is -2.73. The van der Waals surface area contributed by atoms with E-state index in [1.54, 1.807) is 25.3 Å². The molecule has 0 bridgehead atoms. The largest absolute Gasteiger partial charge is 0.497 e. The van der Waals surface area contributed by atoms with E-state index in [0.29, 0.717) is 35.7 Å². The highest BCUT2D eigenvalue weighted by molar-refractivity contribution is 6.34. The molecule has 2 aromatic rings. The quantitative estimate of drug-likeness (QED) is 0.691. The van der Waals surface area contributed by atoms with Crippen LogP contribution < -0.4 is 20.1 Å². The van der Waals surface area contributed by atoms with Crippen molar-refractivity contribution in [2.75, 3.05) is 26.1 Å². The molecule has 0 saturated carbocycles. The Morgan fingerprint density at radius 1 is 1.08 bits per heavy atom. The standard InChI is InChI=1S/C19H21ClN2O4/c1-21-19(24)16-12-13(5-10-17(16)20)22-18(23)4-3-11-26-15-8-6-14(25-2)7-9-15/h5-10,12H,3-4,11H2,1-2H3,(H,21,24)(H,22,23). The average Bonchev–Trinajstić information content (AvgIpc) is 2.66. The third kappa shape index (κ3) is 5.67. The van der Waals surface area contributed by atoms with E-state index in [0.717, 1.165) is 11.5 Å². The van der Waals surface area contributed by atoms with Gasteiger partial charge in [0.1, 0.15) is 11.5 Å². The summed E-state index contributed by atoms with van der Waals surface area (Å²) in [5.41, 5.74) is 0.837. The molecule has 138 valence electrons. The summed E-state index contributed by atoms with van der Waals surface area (Å²) in [7, 11) is 3.12. The van der Waals surface area contributed by atoms with Crippen LogP contribution in [-0.2, 0) is 4.79 Å². The minimum absolute atomic E-state index is 0.159. The van der Waals surface area contributed by atoms with Gasteiger partial charge in [0.25, 0.3) is 5.91 Å². The number of hydrogen-bond donors (Lipinski definition) is 2. The molecule has 26 heavy (non-hydrogen) atoms. The number of amides is 2. The lowest BCUT2D eigenvalue weighted by molar-refractivity contribution is -0.116. The van der Waals surface area contributed by atoms with Gasteiger partial charge in [0.15, 0.2) is 0 Å². The number of ether oxygens (including phenoxy) is 2. The molecule has 0 heterocycles. The van der Waals surface area contributed by atoms with Gasteiger partial charge in [-0.15, -0.1) is 0 Å². The van der Waals surface area contributed by atoms with E-state index in [1.807, 2.05) is 24.3 Å². The fourth-order valence-corrected chi connectivity index (χ4v) is 2.43. The number of hydrogen-bond acceptors (Lipinski definition) is 4. The molecule has 2 aromatic carbocycles. The molecule has 0 saturated heterocycles. The van der Waals surface area contributed by atoms with Crippen molar-refractivity contribution < 1.29 is 19.1 Å².